The van der Waals surface area contributed by atoms with Crippen LogP contribution in [-0.4, -0.2) is 49.2 Å². The van der Waals surface area contributed by atoms with Crippen LogP contribution in [0.2, 0.25) is 0 Å². The lowest BCUT2D eigenvalue weighted by Crippen LogP contribution is -2.47. The van der Waals surface area contributed by atoms with Crippen molar-refractivity contribution in [2.75, 3.05) is 26.2 Å². The number of hydrogen-bond donors (Lipinski definition) is 2. The van der Waals surface area contributed by atoms with Crippen molar-refractivity contribution in [1.29, 1.82) is 0 Å². The summed E-state index contributed by atoms with van der Waals surface area (Å²) in [6.07, 6.45) is 10.8. The third-order valence-corrected chi connectivity index (χ3v) is 4.99. The van der Waals surface area contributed by atoms with E-state index in [9.17, 15) is 0 Å². The van der Waals surface area contributed by atoms with Crippen molar-refractivity contribution in [2.45, 2.75) is 83.3 Å². The number of nitrogens with zero attached hydrogens (tertiary/aromatic N) is 1. The van der Waals surface area contributed by atoms with E-state index >= 15 is 0 Å². The van der Waals surface area contributed by atoms with Gasteiger partial charge in [0.1, 0.15) is 0 Å². The molecule has 0 aromatic heterocycles. The average molecular weight is 281 g/mol. The molecule has 2 aliphatic rings. The highest BCUT2D eigenvalue weighted by atomic mass is 15.1. The van der Waals surface area contributed by atoms with E-state index in [1.165, 1.54) is 77.5 Å². The lowest BCUT2D eigenvalue weighted by molar-refractivity contribution is 0.186. The van der Waals surface area contributed by atoms with Crippen molar-refractivity contribution < 1.29 is 0 Å². The van der Waals surface area contributed by atoms with Gasteiger partial charge in [0.15, 0.2) is 0 Å². The lowest BCUT2D eigenvalue weighted by Gasteiger charge is -2.35. The van der Waals surface area contributed by atoms with Crippen molar-refractivity contribution in [3.05, 3.63) is 0 Å². The summed E-state index contributed by atoms with van der Waals surface area (Å²) >= 11 is 0. The van der Waals surface area contributed by atoms with Gasteiger partial charge in [0.25, 0.3) is 0 Å². The zero-order valence-electron chi connectivity index (χ0n) is 13.7. The van der Waals surface area contributed by atoms with E-state index in [0.717, 1.165) is 12.1 Å². The third kappa shape index (κ3) is 5.71. The van der Waals surface area contributed by atoms with Gasteiger partial charge in [0, 0.05) is 18.1 Å². The molecule has 3 nitrogen and oxygen atoms in total. The molecule has 2 atom stereocenters. The molecule has 0 spiro atoms. The molecule has 0 amide bonds. The number of piperidine rings is 2. The second kappa shape index (κ2) is 9.01. The van der Waals surface area contributed by atoms with Crippen LogP contribution in [0.5, 0.6) is 0 Å². The minimum atomic E-state index is 0.665. The Balaban J connectivity index is 1.59. The molecule has 0 aromatic carbocycles. The van der Waals surface area contributed by atoms with Crippen LogP contribution in [0.1, 0.15) is 65.2 Å². The molecule has 2 rings (SSSR count). The molecule has 2 heterocycles. The summed E-state index contributed by atoms with van der Waals surface area (Å²) < 4.78 is 0. The van der Waals surface area contributed by atoms with Gasteiger partial charge in [-0.1, -0.05) is 19.8 Å². The van der Waals surface area contributed by atoms with Crippen LogP contribution in [0.4, 0.5) is 0 Å². The highest BCUT2D eigenvalue weighted by Crippen LogP contribution is 2.15. The molecule has 3 heteroatoms. The van der Waals surface area contributed by atoms with Crippen LogP contribution in [0, 0.1) is 0 Å². The number of hydrogen-bond acceptors (Lipinski definition) is 3. The van der Waals surface area contributed by atoms with Crippen molar-refractivity contribution in [1.82, 2.24) is 15.5 Å². The standard InChI is InChI=1S/C17H35N3/c1-3-4-11-20-12-8-16(9-13-20)19-15(2)14-17-7-5-6-10-18-17/h15-19H,3-14H2,1-2H3. The maximum atomic E-state index is 3.88. The first-order valence-corrected chi connectivity index (χ1v) is 8.99. The molecule has 0 bridgehead atoms. The predicted molar refractivity (Wildman–Crippen MR) is 87.2 cm³/mol. The molecular formula is C17H35N3. The Morgan fingerprint density at radius 3 is 2.65 bits per heavy atom. The number of rotatable bonds is 7. The molecule has 2 fully saturated rings. The van der Waals surface area contributed by atoms with Gasteiger partial charge in [0.05, 0.1) is 0 Å². The molecule has 0 aliphatic carbocycles. The Morgan fingerprint density at radius 2 is 2.00 bits per heavy atom. The molecule has 0 saturated carbocycles. The topological polar surface area (TPSA) is 27.3 Å². The van der Waals surface area contributed by atoms with Crippen LogP contribution in [0.15, 0.2) is 0 Å². The van der Waals surface area contributed by atoms with Crippen molar-refractivity contribution >= 4 is 0 Å². The Morgan fingerprint density at radius 1 is 1.20 bits per heavy atom. The maximum Gasteiger partial charge on any atom is 0.00938 e. The monoisotopic (exact) mass is 281 g/mol. The minimum absolute atomic E-state index is 0.665. The maximum absolute atomic E-state index is 3.88. The fraction of sp³-hybridized carbons (Fsp3) is 1.00. The van der Waals surface area contributed by atoms with Gasteiger partial charge >= 0.3 is 0 Å². The Hall–Kier alpha value is -0.120. The first-order chi connectivity index (χ1) is 9.78. The smallest absolute Gasteiger partial charge is 0.00938 e. The van der Waals surface area contributed by atoms with E-state index in [2.05, 4.69) is 29.4 Å². The van der Waals surface area contributed by atoms with Crippen LogP contribution >= 0.6 is 0 Å². The molecule has 2 unspecified atom stereocenters. The van der Waals surface area contributed by atoms with E-state index in [1.807, 2.05) is 0 Å². The lowest BCUT2D eigenvalue weighted by atomic mass is 9.97. The summed E-state index contributed by atoms with van der Waals surface area (Å²) in [5.41, 5.74) is 0. The van der Waals surface area contributed by atoms with Gasteiger partial charge < -0.3 is 15.5 Å². The number of likely N-dealkylation sites (tertiary alicyclic amines) is 1. The predicted octanol–water partition coefficient (Wildman–Crippen LogP) is 2.76. The van der Waals surface area contributed by atoms with Crippen molar-refractivity contribution in [3.8, 4) is 0 Å². The molecular weight excluding hydrogens is 246 g/mol. The fourth-order valence-corrected chi connectivity index (χ4v) is 3.73. The van der Waals surface area contributed by atoms with Crippen LogP contribution in [-0.2, 0) is 0 Å². The molecule has 2 N–H and O–H groups in total. The van der Waals surface area contributed by atoms with E-state index in [1.54, 1.807) is 0 Å². The molecule has 0 radical (unpaired) electrons. The van der Waals surface area contributed by atoms with Gasteiger partial charge in [-0.3, -0.25) is 0 Å². The summed E-state index contributed by atoms with van der Waals surface area (Å²) in [6, 6.07) is 2.18. The first kappa shape index (κ1) is 16.3. The normalized spacial score (nSPS) is 27.6. The summed E-state index contributed by atoms with van der Waals surface area (Å²) in [5, 5.41) is 7.55. The highest BCUT2D eigenvalue weighted by Gasteiger charge is 2.21. The minimum Gasteiger partial charge on any atom is -0.314 e. The van der Waals surface area contributed by atoms with Gasteiger partial charge in [-0.05, 0) is 71.6 Å². The van der Waals surface area contributed by atoms with E-state index in [4.69, 9.17) is 0 Å². The van der Waals surface area contributed by atoms with Gasteiger partial charge in [0.2, 0.25) is 0 Å². The summed E-state index contributed by atoms with van der Waals surface area (Å²) in [6.45, 7) is 9.80. The van der Waals surface area contributed by atoms with Crippen LogP contribution < -0.4 is 10.6 Å². The zero-order valence-corrected chi connectivity index (χ0v) is 13.7. The van der Waals surface area contributed by atoms with E-state index in [-0.39, 0.29) is 0 Å². The second-order valence-electron chi connectivity index (χ2n) is 6.92. The third-order valence-electron chi connectivity index (χ3n) is 4.99. The summed E-state index contributed by atoms with van der Waals surface area (Å²) in [4.78, 5) is 2.65. The molecule has 2 aliphatic heterocycles. The molecule has 118 valence electrons. The quantitative estimate of drug-likeness (QED) is 0.751. The van der Waals surface area contributed by atoms with Crippen LogP contribution in [0.25, 0.3) is 0 Å². The van der Waals surface area contributed by atoms with Gasteiger partial charge in [-0.25, -0.2) is 0 Å². The Bertz CT molecular complexity index is 243. The van der Waals surface area contributed by atoms with Crippen molar-refractivity contribution in [3.63, 3.8) is 0 Å². The number of nitrogens with one attached hydrogen (secondary N) is 2. The van der Waals surface area contributed by atoms with Gasteiger partial charge in [-0.2, -0.15) is 0 Å². The second-order valence-corrected chi connectivity index (χ2v) is 6.92. The number of unbranched alkanes of at least 4 members (excludes halogenated alkanes) is 1. The Kier molecular flexibility index (Phi) is 7.32. The van der Waals surface area contributed by atoms with E-state index in [0.29, 0.717) is 6.04 Å². The summed E-state index contributed by atoms with van der Waals surface area (Å²) in [5.74, 6) is 0. The molecule has 20 heavy (non-hydrogen) atoms. The van der Waals surface area contributed by atoms with Crippen molar-refractivity contribution in [2.24, 2.45) is 0 Å². The fourth-order valence-electron chi connectivity index (χ4n) is 3.73. The zero-order chi connectivity index (χ0) is 14.2. The first-order valence-electron chi connectivity index (χ1n) is 8.99. The Labute approximate surface area is 125 Å². The molecule has 0 aromatic rings. The van der Waals surface area contributed by atoms with E-state index < -0.39 is 0 Å². The SMILES string of the molecule is CCCCN1CCC(NC(C)CC2CCCCN2)CC1. The summed E-state index contributed by atoms with van der Waals surface area (Å²) in [7, 11) is 0. The average Bonchev–Trinajstić information content (AvgIpc) is 2.47. The van der Waals surface area contributed by atoms with Gasteiger partial charge in [-0.15, -0.1) is 0 Å². The largest absolute Gasteiger partial charge is 0.314 e. The molecule has 2 saturated heterocycles. The van der Waals surface area contributed by atoms with Crippen LogP contribution in [0.3, 0.4) is 0 Å². The highest BCUT2D eigenvalue weighted by molar-refractivity contribution is 4.82.